The molecule has 0 heterocycles. The van der Waals surface area contributed by atoms with Gasteiger partial charge < -0.3 is 76.1 Å². The molecule has 19 N–H and O–H groups in total. The maximum absolute atomic E-state index is 13.9. The van der Waals surface area contributed by atoms with E-state index in [0.29, 0.717) is 12.8 Å². The number of aliphatic hydroxyl groups excluding tert-OH is 1. The molecule has 0 aliphatic carbocycles. The molecule has 0 saturated carbocycles. The second kappa shape index (κ2) is 31.0. The number of carboxylic acid groups (broad SMARTS) is 1. The standard InChI is InChI=1S/C42H77N13O12/c1-9-23(8)33(40(65)51-27(41(66)67)11-10-16-48-42(46)47)55-38(63)29(19-56)53-37(62)28(18-21(4)5)52-35(60)25(12-14-30(44)57)50-39(64)32(22(6)7)54-36(61)26(13-15-31(45)58)49-34(59)24(43)17-20(2)3/h20-29,32-33,56H,9-19,43H2,1-8H3,(H2,44,57)(H2,45,58)(H,49,59)(H,50,64)(H,51,65)(H,52,60)(H,53,62)(H,54,61)(H,55,63)(H,66,67)(H4,46,47,48). The van der Waals surface area contributed by atoms with E-state index in [4.69, 9.17) is 28.7 Å². The van der Waals surface area contributed by atoms with Gasteiger partial charge in [-0.25, -0.2) is 4.79 Å². The fourth-order valence-electron chi connectivity index (χ4n) is 6.47. The number of carboxylic acids is 1. The zero-order valence-electron chi connectivity index (χ0n) is 40.0. The molecule has 0 aromatic carbocycles. The number of aliphatic hydroxyl groups is 1. The molecule has 9 unspecified atom stereocenters. The minimum Gasteiger partial charge on any atom is -0.480 e. The van der Waals surface area contributed by atoms with E-state index >= 15 is 0 Å². The Labute approximate surface area is 391 Å². The fraction of sp³-hybridized carbons (Fsp3) is 0.738. The summed E-state index contributed by atoms with van der Waals surface area (Å²) < 4.78 is 0. The summed E-state index contributed by atoms with van der Waals surface area (Å²) in [6.45, 7) is 12.8. The number of aliphatic carboxylic acids is 1. The van der Waals surface area contributed by atoms with E-state index in [1.807, 2.05) is 13.8 Å². The monoisotopic (exact) mass is 956 g/mol. The number of amides is 9. The molecule has 9 amide bonds. The van der Waals surface area contributed by atoms with Crippen LogP contribution in [0.1, 0.15) is 113 Å². The topological polar surface area (TPSA) is 438 Å². The Hall–Kier alpha value is -6.11. The Morgan fingerprint density at radius 3 is 1.39 bits per heavy atom. The predicted molar refractivity (Wildman–Crippen MR) is 246 cm³/mol. The van der Waals surface area contributed by atoms with Crippen molar-refractivity contribution in [3.63, 3.8) is 0 Å². The highest BCUT2D eigenvalue weighted by atomic mass is 16.4. The van der Waals surface area contributed by atoms with E-state index in [-0.39, 0.29) is 62.9 Å². The molecule has 67 heavy (non-hydrogen) atoms. The maximum Gasteiger partial charge on any atom is 0.326 e. The molecule has 0 aliphatic rings. The Morgan fingerprint density at radius 1 is 0.522 bits per heavy atom. The number of rotatable bonds is 33. The molecule has 0 aliphatic heterocycles. The highest BCUT2D eigenvalue weighted by Crippen LogP contribution is 2.13. The van der Waals surface area contributed by atoms with Crippen LogP contribution in [0.3, 0.4) is 0 Å². The van der Waals surface area contributed by atoms with Crippen LogP contribution in [-0.4, -0.2) is 137 Å². The summed E-state index contributed by atoms with van der Waals surface area (Å²) in [6.07, 6.45) is -0.511. The molecule has 0 rings (SSSR count). The third-order valence-corrected chi connectivity index (χ3v) is 10.4. The number of hydrogen-bond donors (Lipinski definition) is 14. The Morgan fingerprint density at radius 2 is 0.940 bits per heavy atom. The number of guanidine groups is 1. The molecule has 9 atom stereocenters. The number of carbonyl (C=O) groups excluding carboxylic acids is 9. The molecule has 0 bridgehead atoms. The van der Waals surface area contributed by atoms with Crippen molar-refractivity contribution in [3.05, 3.63) is 0 Å². The fourth-order valence-corrected chi connectivity index (χ4v) is 6.47. The first-order chi connectivity index (χ1) is 31.1. The van der Waals surface area contributed by atoms with Gasteiger partial charge in [0.15, 0.2) is 5.96 Å². The van der Waals surface area contributed by atoms with Crippen molar-refractivity contribution >= 4 is 65.1 Å². The lowest BCUT2D eigenvalue weighted by molar-refractivity contribution is -0.143. The molecular formula is C42H77N13O12. The zero-order valence-corrected chi connectivity index (χ0v) is 40.0. The lowest BCUT2D eigenvalue weighted by Gasteiger charge is -2.29. The van der Waals surface area contributed by atoms with Crippen LogP contribution in [-0.2, 0) is 47.9 Å². The van der Waals surface area contributed by atoms with Crippen LogP contribution in [0.5, 0.6) is 0 Å². The number of aliphatic imine (C=N–C) groups is 1. The van der Waals surface area contributed by atoms with Crippen molar-refractivity contribution in [2.75, 3.05) is 13.2 Å². The average Bonchev–Trinajstić information content (AvgIpc) is 3.22. The first-order valence-corrected chi connectivity index (χ1v) is 22.5. The van der Waals surface area contributed by atoms with Crippen molar-refractivity contribution in [2.45, 2.75) is 162 Å². The molecule has 25 heteroatoms. The van der Waals surface area contributed by atoms with E-state index in [1.54, 1.807) is 41.5 Å². The Bertz CT molecular complexity index is 1720. The van der Waals surface area contributed by atoms with Gasteiger partial charge in [0.1, 0.15) is 42.3 Å². The van der Waals surface area contributed by atoms with E-state index in [2.05, 4.69) is 42.2 Å². The predicted octanol–water partition coefficient (Wildman–Crippen LogP) is -3.84. The lowest BCUT2D eigenvalue weighted by Crippen LogP contribution is -2.61. The highest BCUT2D eigenvalue weighted by molar-refractivity contribution is 5.98. The normalized spacial score (nSPS) is 15.2. The summed E-state index contributed by atoms with van der Waals surface area (Å²) in [5, 5.41) is 37.3. The van der Waals surface area contributed by atoms with Crippen LogP contribution in [0.4, 0.5) is 0 Å². The summed E-state index contributed by atoms with van der Waals surface area (Å²) in [6, 6.07) is -10.9. The zero-order chi connectivity index (χ0) is 51.7. The molecule has 0 fully saturated rings. The molecule has 0 saturated heterocycles. The Balaban J connectivity index is 6.39. The molecule has 0 aromatic rings. The molecule has 0 spiro atoms. The summed E-state index contributed by atoms with van der Waals surface area (Å²) in [4.78, 5) is 134. The number of hydrogen-bond acceptors (Lipinski definition) is 13. The average molecular weight is 956 g/mol. The van der Waals surface area contributed by atoms with Crippen molar-refractivity contribution in [1.82, 2.24) is 37.2 Å². The molecule has 25 nitrogen and oxygen atoms in total. The summed E-state index contributed by atoms with van der Waals surface area (Å²) in [5.74, 6) is -10.7. The van der Waals surface area contributed by atoms with Gasteiger partial charge in [-0.15, -0.1) is 0 Å². The summed E-state index contributed by atoms with van der Waals surface area (Å²) >= 11 is 0. The minimum absolute atomic E-state index is 0.0323. The first-order valence-electron chi connectivity index (χ1n) is 22.5. The van der Waals surface area contributed by atoms with E-state index < -0.39 is 132 Å². The second-order valence-corrected chi connectivity index (χ2v) is 17.8. The third kappa shape index (κ3) is 24.3. The van der Waals surface area contributed by atoms with Gasteiger partial charge in [0.05, 0.1) is 12.6 Å². The quantitative estimate of drug-likeness (QED) is 0.0170. The van der Waals surface area contributed by atoms with E-state index in [0.717, 1.165) is 0 Å². The SMILES string of the molecule is CCC(C)C(NC(=O)C(CO)NC(=O)C(CC(C)C)NC(=O)C(CCC(N)=O)NC(=O)C(NC(=O)C(CCC(N)=O)NC(=O)C(N)CC(C)C)C(C)C)C(=O)NC(CCCN=C(N)N)C(=O)O. The van der Waals surface area contributed by atoms with Gasteiger partial charge in [0.2, 0.25) is 53.2 Å². The molecule has 382 valence electrons. The van der Waals surface area contributed by atoms with Crippen molar-refractivity contribution in [2.24, 2.45) is 57.3 Å². The van der Waals surface area contributed by atoms with Gasteiger partial charge in [-0.3, -0.25) is 48.1 Å². The largest absolute Gasteiger partial charge is 0.480 e. The second-order valence-electron chi connectivity index (χ2n) is 17.8. The van der Waals surface area contributed by atoms with Crippen LogP contribution in [0.2, 0.25) is 0 Å². The van der Waals surface area contributed by atoms with E-state index in [1.165, 1.54) is 0 Å². The number of carbonyl (C=O) groups is 10. The summed E-state index contributed by atoms with van der Waals surface area (Å²) in [5.41, 5.74) is 27.3. The highest BCUT2D eigenvalue weighted by Gasteiger charge is 2.36. The van der Waals surface area contributed by atoms with Crippen LogP contribution in [0, 0.1) is 23.7 Å². The van der Waals surface area contributed by atoms with Gasteiger partial charge in [0, 0.05) is 19.4 Å². The van der Waals surface area contributed by atoms with Crippen molar-refractivity contribution < 1.29 is 58.2 Å². The molecule has 0 radical (unpaired) electrons. The number of nitrogens with one attached hydrogen (secondary N) is 7. The van der Waals surface area contributed by atoms with Crippen molar-refractivity contribution in [3.8, 4) is 0 Å². The van der Waals surface area contributed by atoms with Crippen LogP contribution in [0.15, 0.2) is 4.99 Å². The number of primary amides is 2. The maximum atomic E-state index is 13.9. The smallest absolute Gasteiger partial charge is 0.326 e. The van der Waals surface area contributed by atoms with E-state index in [9.17, 15) is 58.2 Å². The Kier molecular flexibility index (Phi) is 28.1. The number of nitrogens with zero attached hydrogens (tertiary/aromatic N) is 1. The van der Waals surface area contributed by atoms with Crippen LogP contribution in [0.25, 0.3) is 0 Å². The van der Waals surface area contributed by atoms with Crippen LogP contribution < -0.4 is 65.9 Å². The van der Waals surface area contributed by atoms with Gasteiger partial charge >= 0.3 is 5.97 Å². The third-order valence-electron chi connectivity index (χ3n) is 10.4. The van der Waals surface area contributed by atoms with Gasteiger partial charge in [-0.2, -0.15) is 0 Å². The number of nitrogens with two attached hydrogens (primary N) is 5. The molecular weight excluding hydrogens is 879 g/mol. The van der Waals surface area contributed by atoms with Crippen molar-refractivity contribution in [1.29, 1.82) is 0 Å². The van der Waals surface area contributed by atoms with Crippen LogP contribution >= 0.6 is 0 Å². The van der Waals surface area contributed by atoms with Gasteiger partial charge in [-0.05, 0) is 62.2 Å². The minimum atomic E-state index is -1.67. The summed E-state index contributed by atoms with van der Waals surface area (Å²) in [7, 11) is 0. The van der Waals surface area contributed by atoms with Gasteiger partial charge in [0.25, 0.3) is 0 Å². The first kappa shape index (κ1) is 60.9. The molecule has 0 aromatic heterocycles. The lowest BCUT2D eigenvalue weighted by atomic mass is 9.97. The van der Waals surface area contributed by atoms with Gasteiger partial charge in [-0.1, -0.05) is 61.8 Å².